The van der Waals surface area contributed by atoms with Crippen LogP contribution in [0.5, 0.6) is 0 Å². The quantitative estimate of drug-likeness (QED) is 0.720. The molecule has 0 aliphatic carbocycles. The molecule has 29 heavy (non-hydrogen) atoms. The summed E-state index contributed by atoms with van der Waals surface area (Å²) in [4.78, 5) is 26.3. The van der Waals surface area contributed by atoms with Crippen molar-refractivity contribution in [2.24, 2.45) is 0 Å². The van der Waals surface area contributed by atoms with Crippen LogP contribution in [0, 0.1) is 12.7 Å². The van der Waals surface area contributed by atoms with E-state index < -0.39 is 11.8 Å². The van der Waals surface area contributed by atoms with Gasteiger partial charge in [-0.15, -0.1) is 0 Å². The SMILES string of the molecule is COC(=O)c1cc(F)c(C)c(NCC(=O)Nc2ccc(N3CCCCC3)cc2)c1. The maximum atomic E-state index is 14.0. The number of methoxy groups -OCH3 is 1. The van der Waals surface area contributed by atoms with Gasteiger partial charge in [0, 0.05) is 35.7 Å². The summed E-state index contributed by atoms with van der Waals surface area (Å²) in [6.07, 6.45) is 3.70. The molecule has 1 aliphatic heterocycles. The van der Waals surface area contributed by atoms with Crippen LogP contribution in [-0.2, 0) is 9.53 Å². The highest BCUT2D eigenvalue weighted by atomic mass is 19.1. The summed E-state index contributed by atoms with van der Waals surface area (Å²) in [5.74, 6) is -1.44. The lowest BCUT2D eigenvalue weighted by atomic mass is 10.1. The largest absolute Gasteiger partial charge is 0.465 e. The molecule has 154 valence electrons. The number of piperidine rings is 1. The van der Waals surface area contributed by atoms with E-state index in [0.717, 1.165) is 24.8 Å². The molecule has 2 aromatic rings. The van der Waals surface area contributed by atoms with Gasteiger partial charge in [0.15, 0.2) is 0 Å². The number of hydrogen-bond acceptors (Lipinski definition) is 5. The number of halogens is 1. The van der Waals surface area contributed by atoms with Crippen LogP contribution >= 0.6 is 0 Å². The summed E-state index contributed by atoms with van der Waals surface area (Å²) in [7, 11) is 1.23. The highest BCUT2D eigenvalue weighted by Crippen LogP contribution is 2.23. The third-order valence-electron chi connectivity index (χ3n) is 5.08. The van der Waals surface area contributed by atoms with Crippen LogP contribution < -0.4 is 15.5 Å². The van der Waals surface area contributed by atoms with Gasteiger partial charge in [-0.25, -0.2) is 9.18 Å². The number of hydrogen-bond donors (Lipinski definition) is 2. The van der Waals surface area contributed by atoms with Gasteiger partial charge in [-0.2, -0.15) is 0 Å². The highest BCUT2D eigenvalue weighted by molar-refractivity contribution is 5.95. The fourth-order valence-electron chi connectivity index (χ4n) is 3.39. The van der Waals surface area contributed by atoms with E-state index in [1.165, 1.54) is 32.4 Å². The van der Waals surface area contributed by atoms with Gasteiger partial charge < -0.3 is 20.3 Å². The topological polar surface area (TPSA) is 70.7 Å². The molecule has 2 N–H and O–H groups in total. The number of rotatable bonds is 6. The normalized spacial score (nSPS) is 13.7. The van der Waals surface area contributed by atoms with Crippen molar-refractivity contribution >= 4 is 28.9 Å². The Labute approximate surface area is 170 Å². The van der Waals surface area contributed by atoms with Gasteiger partial charge in [0.25, 0.3) is 0 Å². The standard InChI is InChI=1S/C22H26FN3O3/c1-15-19(23)12-16(22(28)29-2)13-20(15)24-14-21(27)25-17-6-8-18(9-7-17)26-10-4-3-5-11-26/h6-9,12-13,24H,3-5,10-11,14H2,1-2H3,(H,25,27). The smallest absolute Gasteiger partial charge is 0.338 e. The van der Waals surface area contributed by atoms with Gasteiger partial charge in [0.05, 0.1) is 19.2 Å². The minimum absolute atomic E-state index is 0.0568. The molecule has 7 heteroatoms. The summed E-state index contributed by atoms with van der Waals surface area (Å²) in [5, 5.41) is 5.71. The van der Waals surface area contributed by atoms with Crippen molar-refractivity contribution in [3.8, 4) is 0 Å². The predicted octanol–water partition coefficient (Wildman–Crippen LogP) is 3.96. The number of nitrogens with one attached hydrogen (secondary N) is 2. The Bertz CT molecular complexity index is 878. The van der Waals surface area contributed by atoms with E-state index in [9.17, 15) is 14.0 Å². The third-order valence-corrected chi connectivity index (χ3v) is 5.08. The maximum absolute atomic E-state index is 14.0. The summed E-state index contributed by atoms with van der Waals surface area (Å²) >= 11 is 0. The molecule has 0 radical (unpaired) electrons. The van der Waals surface area contributed by atoms with Crippen LogP contribution in [0.15, 0.2) is 36.4 Å². The molecule has 1 saturated heterocycles. The second-order valence-corrected chi connectivity index (χ2v) is 7.12. The summed E-state index contributed by atoms with van der Waals surface area (Å²) in [5.41, 5.74) is 2.65. The van der Waals surface area contributed by atoms with Gasteiger partial charge in [-0.3, -0.25) is 4.79 Å². The van der Waals surface area contributed by atoms with E-state index in [-0.39, 0.29) is 18.0 Å². The Morgan fingerprint density at radius 3 is 2.45 bits per heavy atom. The van der Waals surface area contributed by atoms with Crippen LogP contribution in [0.2, 0.25) is 0 Å². The van der Waals surface area contributed by atoms with Gasteiger partial charge in [0.2, 0.25) is 5.91 Å². The van der Waals surface area contributed by atoms with E-state index in [1.54, 1.807) is 6.92 Å². The van der Waals surface area contributed by atoms with Crippen LogP contribution in [0.4, 0.5) is 21.5 Å². The summed E-state index contributed by atoms with van der Waals surface area (Å²) < 4.78 is 18.7. The Morgan fingerprint density at radius 1 is 1.10 bits per heavy atom. The molecule has 0 atom stereocenters. The van der Waals surface area contributed by atoms with Gasteiger partial charge in [0.1, 0.15) is 5.82 Å². The second-order valence-electron chi connectivity index (χ2n) is 7.12. The predicted molar refractivity (Wildman–Crippen MR) is 112 cm³/mol. The van der Waals surface area contributed by atoms with Gasteiger partial charge in [-0.1, -0.05) is 0 Å². The van der Waals surface area contributed by atoms with Crippen LogP contribution in [0.3, 0.4) is 0 Å². The van der Waals surface area contributed by atoms with E-state index in [0.29, 0.717) is 16.9 Å². The number of amides is 1. The number of anilines is 3. The van der Waals surface area contributed by atoms with E-state index >= 15 is 0 Å². The number of nitrogens with zero attached hydrogens (tertiary/aromatic N) is 1. The van der Waals surface area contributed by atoms with Gasteiger partial charge in [-0.05, 0) is 62.6 Å². The fourth-order valence-corrected chi connectivity index (χ4v) is 3.39. The molecule has 0 unspecified atom stereocenters. The number of carbonyl (C=O) groups excluding carboxylic acids is 2. The van der Waals surface area contributed by atoms with Crippen molar-refractivity contribution in [3.05, 3.63) is 53.3 Å². The van der Waals surface area contributed by atoms with Crippen molar-refractivity contribution in [2.45, 2.75) is 26.2 Å². The van der Waals surface area contributed by atoms with E-state index in [2.05, 4.69) is 20.3 Å². The van der Waals surface area contributed by atoms with Crippen molar-refractivity contribution in [2.75, 3.05) is 42.3 Å². The Kier molecular flexibility index (Phi) is 6.69. The van der Waals surface area contributed by atoms with Gasteiger partial charge >= 0.3 is 5.97 Å². The first-order valence-corrected chi connectivity index (χ1v) is 9.75. The van der Waals surface area contributed by atoms with Crippen molar-refractivity contribution < 1.29 is 18.7 Å². The average molecular weight is 399 g/mol. The molecule has 1 aliphatic rings. The molecule has 1 heterocycles. The number of ether oxygens (including phenoxy) is 1. The Morgan fingerprint density at radius 2 is 1.79 bits per heavy atom. The lowest BCUT2D eigenvalue weighted by Gasteiger charge is -2.28. The zero-order valence-electron chi connectivity index (χ0n) is 16.8. The van der Waals surface area contributed by atoms with Crippen molar-refractivity contribution in [1.29, 1.82) is 0 Å². The number of benzene rings is 2. The third kappa shape index (κ3) is 5.25. The van der Waals surface area contributed by atoms with Crippen LogP contribution in [0.25, 0.3) is 0 Å². The second kappa shape index (κ2) is 9.41. The Hall–Kier alpha value is -3.09. The van der Waals surface area contributed by atoms with E-state index in [4.69, 9.17) is 0 Å². The Balaban J connectivity index is 1.58. The molecule has 0 aromatic heterocycles. The number of esters is 1. The monoisotopic (exact) mass is 399 g/mol. The molecule has 0 saturated carbocycles. The molecule has 2 aromatic carbocycles. The lowest BCUT2D eigenvalue weighted by Crippen LogP contribution is -2.29. The minimum atomic E-state index is -0.634. The molecular formula is C22H26FN3O3. The maximum Gasteiger partial charge on any atom is 0.338 e. The first-order chi connectivity index (χ1) is 14.0. The molecule has 1 amide bonds. The fraction of sp³-hybridized carbons (Fsp3) is 0.364. The van der Waals surface area contributed by atoms with Crippen molar-refractivity contribution in [1.82, 2.24) is 0 Å². The van der Waals surface area contributed by atoms with Crippen molar-refractivity contribution in [3.63, 3.8) is 0 Å². The molecule has 0 bridgehead atoms. The zero-order chi connectivity index (χ0) is 20.8. The molecular weight excluding hydrogens is 373 g/mol. The zero-order valence-corrected chi connectivity index (χ0v) is 16.8. The molecule has 1 fully saturated rings. The average Bonchev–Trinajstić information content (AvgIpc) is 2.75. The molecule has 0 spiro atoms. The van der Waals surface area contributed by atoms with Crippen LogP contribution in [0.1, 0.15) is 35.2 Å². The lowest BCUT2D eigenvalue weighted by molar-refractivity contribution is -0.114. The highest BCUT2D eigenvalue weighted by Gasteiger charge is 2.14. The minimum Gasteiger partial charge on any atom is -0.465 e. The summed E-state index contributed by atoms with van der Waals surface area (Å²) in [6.45, 7) is 3.65. The first kappa shape index (κ1) is 20.6. The number of carbonyl (C=O) groups is 2. The van der Waals surface area contributed by atoms with E-state index in [1.807, 2.05) is 24.3 Å². The van der Waals surface area contributed by atoms with Crippen LogP contribution in [-0.4, -0.2) is 38.6 Å². The molecule has 3 rings (SSSR count). The first-order valence-electron chi connectivity index (χ1n) is 9.75. The molecule has 6 nitrogen and oxygen atoms in total. The summed E-state index contributed by atoms with van der Waals surface area (Å²) in [6, 6.07) is 10.4.